The summed E-state index contributed by atoms with van der Waals surface area (Å²) in [7, 11) is 0. The van der Waals surface area contributed by atoms with Crippen LogP contribution in [0.3, 0.4) is 0 Å². The van der Waals surface area contributed by atoms with Gasteiger partial charge in [-0.1, -0.05) is 36.4 Å². The number of nitrogens with zero attached hydrogens (tertiary/aromatic N) is 4. The Balaban J connectivity index is 1.28. The van der Waals surface area contributed by atoms with E-state index in [0.717, 1.165) is 49.4 Å². The number of carbonyl (C=O) groups excluding carboxylic acids is 1. The topological polar surface area (TPSA) is 109 Å². The van der Waals surface area contributed by atoms with Crippen molar-refractivity contribution in [1.82, 2.24) is 24.6 Å². The molecule has 4 aromatic rings. The molecular weight excluding hydrogens is 492 g/mol. The number of H-pyrrole nitrogens is 1. The van der Waals surface area contributed by atoms with Crippen LogP contribution in [0.2, 0.25) is 0 Å². The first kappa shape index (κ1) is 24.9. The number of benzene rings is 2. The van der Waals surface area contributed by atoms with Crippen molar-refractivity contribution >= 4 is 22.6 Å². The number of likely N-dealkylation sites (tertiary alicyclic amines) is 2. The van der Waals surface area contributed by atoms with Crippen molar-refractivity contribution in [2.75, 3.05) is 38.5 Å². The molecule has 6 rings (SSSR count). The highest BCUT2D eigenvalue weighted by Gasteiger charge is 2.27. The highest BCUT2D eigenvalue weighted by atomic mass is 16.5. The second kappa shape index (κ2) is 10.8. The first-order valence-corrected chi connectivity index (χ1v) is 13.5. The van der Waals surface area contributed by atoms with Crippen molar-refractivity contribution in [2.24, 2.45) is 0 Å². The van der Waals surface area contributed by atoms with Gasteiger partial charge in [-0.25, -0.2) is 5.10 Å². The maximum Gasteiger partial charge on any atom is 0.288 e. The van der Waals surface area contributed by atoms with Gasteiger partial charge in [0, 0.05) is 37.5 Å². The van der Waals surface area contributed by atoms with Crippen LogP contribution in [0, 0.1) is 0 Å². The second-order valence-corrected chi connectivity index (χ2v) is 10.2. The van der Waals surface area contributed by atoms with Crippen molar-refractivity contribution in [3.8, 4) is 22.6 Å². The summed E-state index contributed by atoms with van der Waals surface area (Å²) in [5.41, 5.74) is 8.22. The molecule has 0 unspecified atom stereocenters. The quantitative estimate of drug-likeness (QED) is 0.351. The number of amides is 1. The van der Waals surface area contributed by atoms with Gasteiger partial charge in [0.05, 0.1) is 11.4 Å². The fourth-order valence-corrected chi connectivity index (χ4v) is 5.42. The minimum atomic E-state index is -0.299. The third-order valence-electron chi connectivity index (χ3n) is 7.60. The lowest BCUT2D eigenvalue weighted by atomic mass is 10.1. The summed E-state index contributed by atoms with van der Waals surface area (Å²) in [5, 5.41) is 7.21. The number of nitrogens with one attached hydrogen (secondary N) is 1. The summed E-state index contributed by atoms with van der Waals surface area (Å²) in [4.78, 5) is 30.2. The predicted octanol–water partition coefficient (Wildman–Crippen LogP) is 4.19. The molecule has 9 nitrogen and oxygen atoms in total. The Morgan fingerprint density at radius 3 is 2.56 bits per heavy atom. The Morgan fingerprint density at radius 2 is 1.82 bits per heavy atom. The van der Waals surface area contributed by atoms with Crippen LogP contribution in [0.1, 0.15) is 25.3 Å². The van der Waals surface area contributed by atoms with Crippen molar-refractivity contribution in [1.29, 1.82) is 0 Å². The number of fused-ring (bicyclic) bond motifs is 1. The smallest absolute Gasteiger partial charge is 0.288 e. The van der Waals surface area contributed by atoms with Crippen molar-refractivity contribution in [3.63, 3.8) is 0 Å². The molecule has 39 heavy (non-hydrogen) atoms. The molecule has 2 aromatic heterocycles. The zero-order valence-corrected chi connectivity index (χ0v) is 21.8. The van der Waals surface area contributed by atoms with E-state index in [9.17, 15) is 9.59 Å². The summed E-state index contributed by atoms with van der Waals surface area (Å²) >= 11 is 0. The Bertz CT molecular complexity index is 1550. The van der Waals surface area contributed by atoms with Gasteiger partial charge in [-0.2, -0.15) is 5.10 Å². The highest BCUT2D eigenvalue weighted by Crippen LogP contribution is 2.36. The number of nitrogens with two attached hydrogens (primary N) is 1. The van der Waals surface area contributed by atoms with Gasteiger partial charge < -0.3 is 19.9 Å². The van der Waals surface area contributed by atoms with Gasteiger partial charge in [0.1, 0.15) is 17.0 Å². The molecule has 2 aromatic carbocycles. The molecule has 2 saturated heterocycles. The number of nitrogen functional groups attached to an aromatic ring is 1. The first-order chi connectivity index (χ1) is 19.1. The SMILES string of the molecule is Nc1n[nH]c(=O)c2c1c(-c1ccc(Oc3ccccc3)cc1)cn2[C@@H]1CCCN(C(=O)/C=C/CN2CCC2)C1. The summed E-state index contributed by atoms with van der Waals surface area (Å²) < 4.78 is 7.93. The minimum Gasteiger partial charge on any atom is -0.457 e. The molecule has 2 aliphatic heterocycles. The Kier molecular flexibility index (Phi) is 6.89. The third kappa shape index (κ3) is 5.18. The van der Waals surface area contributed by atoms with E-state index in [-0.39, 0.29) is 23.3 Å². The number of hydrogen-bond donors (Lipinski definition) is 2. The fourth-order valence-electron chi connectivity index (χ4n) is 5.42. The number of para-hydroxylation sites is 1. The molecule has 2 fully saturated rings. The lowest BCUT2D eigenvalue weighted by Crippen LogP contribution is -2.40. The summed E-state index contributed by atoms with van der Waals surface area (Å²) in [5.74, 6) is 1.75. The largest absolute Gasteiger partial charge is 0.457 e. The normalized spacial score (nSPS) is 17.9. The summed E-state index contributed by atoms with van der Waals surface area (Å²) in [6, 6.07) is 17.3. The Morgan fingerprint density at radius 1 is 1.05 bits per heavy atom. The van der Waals surface area contributed by atoms with Gasteiger partial charge in [-0.15, -0.1) is 0 Å². The van der Waals surface area contributed by atoms with Crippen LogP contribution in [-0.4, -0.2) is 63.2 Å². The summed E-state index contributed by atoms with van der Waals surface area (Å²) in [6.07, 6.45) is 8.56. The van der Waals surface area contributed by atoms with E-state index in [1.165, 1.54) is 6.42 Å². The molecule has 3 N–H and O–H groups in total. The average Bonchev–Trinajstić information content (AvgIpc) is 3.35. The van der Waals surface area contributed by atoms with Crippen LogP contribution in [-0.2, 0) is 4.79 Å². The van der Waals surface area contributed by atoms with Gasteiger partial charge >= 0.3 is 0 Å². The van der Waals surface area contributed by atoms with E-state index in [4.69, 9.17) is 10.5 Å². The van der Waals surface area contributed by atoms with E-state index in [1.807, 2.05) is 76.3 Å². The van der Waals surface area contributed by atoms with Gasteiger partial charge in [0.15, 0.2) is 5.82 Å². The second-order valence-electron chi connectivity index (χ2n) is 10.2. The molecule has 2 aliphatic rings. The van der Waals surface area contributed by atoms with E-state index >= 15 is 0 Å². The number of carbonyl (C=O) groups is 1. The molecule has 4 heterocycles. The number of hydrogen-bond acceptors (Lipinski definition) is 6. The maximum absolute atomic E-state index is 13.0. The van der Waals surface area contributed by atoms with Crippen molar-refractivity contribution in [3.05, 3.63) is 83.3 Å². The van der Waals surface area contributed by atoms with Crippen LogP contribution in [0.15, 0.2) is 77.7 Å². The zero-order valence-electron chi connectivity index (χ0n) is 21.8. The molecule has 9 heteroatoms. The van der Waals surface area contributed by atoms with E-state index in [0.29, 0.717) is 29.7 Å². The third-order valence-corrected chi connectivity index (χ3v) is 7.60. The summed E-state index contributed by atoms with van der Waals surface area (Å²) in [6.45, 7) is 4.25. The molecule has 1 amide bonds. The number of aromatic nitrogens is 3. The van der Waals surface area contributed by atoms with Crippen LogP contribution in [0.4, 0.5) is 5.82 Å². The lowest BCUT2D eigenvalue weighted by Gasteiger charge is -2.33. The highest BCUT2D eigenvalue weighted by molar-refractivity contribution is 6.02. The van der Waals surface area contributed by atoms with Gasteiger partial charge in [0.2, 0.25) is 5.91 Å². The Labute approximate surface area is 226 Å². The van der Waals surface area contributed by atoms with Crippen molar-refractivity contribution in [2.45, 2.75) is 25.3 Å². The molecule has 0 radical (unpaired) electrons. The van der Waals surface area contributed by atoms with Crippen LogP contribution in [0.25, 0.3) is 22.0 Å². The fraction of sp³-hybridized carbons (Fsp3) is 0.300. The predicted molar refractivity (Wildman–Crippen MR) is 152 cm³/mol. The number of rotatable bonds is 7. The van der Waals surface area contributed by atoms with Gasteiger partial charge in [0.25, 0.3) is 5.56 Å². The molecule has 0 saturated carbocycles. The number of piperidine rings is 1. The van der Waals surface area contributed by atoms with E-state index in [1.54, 1.807) is 6.08 Å². The first-order valence-electron chi connectivity index (χ1n) is 13.5. The monoisotopic (exact) mass is 524 g/mol. The van der Waals surface area contributed by atoms with E-state index < -0.39 is 0 Å². The van der Waals surface area contributed by atoms with Gasteiger partial charge in [-0.3, -0.25) is 14.5 Å². The molecule has 1 atom stereocenters. The van der Waals surface area contributed by atoms with Gasteiger partial charge in [-0.05, 0) is 62.2 Å². The number of anilines is 1. The average molecular weight is 525 g/mol. The molecule has 0 aliphatic carbocycles. The van der Waals surface area contributed by atoms with E-state index in [2.05, 4.69) is 15.1 Å². The maximum atomic E-state index is 13.0. The molecular formula is C30H32N6O3. The zero-order chi connectivity index (χ0) is 26.8. The lowest BCUT2D eigenvalue weighted by molar-refractivity contribution is -0.127. The molecule has 200 valence electrons. The molecule has 0 bridgehead atoms. The van der Waals surface area contributed by atoms with Crippen LogP contribution >= 0.6 is 0 Å². The van der Waals surface area contributed by atoms with Crippen LogP contribution in [0.5, 0.6) is 11.5 Å². The number of aromatic amines is 1. The van der Waals surface area contributed by atoms with Crippen LogP contribution < -0.4 is 16.0 Å². The Hall–Kier alpha value is -4.37. The number of ether oxygens (including phenoxy) is 1. The standard InChI is InChI=1S/C30H32N6O3/c31-29-27-25(21-11-13-24(14-12-21)39-23-8-2-1-3-9-23)20-36(28(27)30(38)33-32-29)22-7-4-18-35(19-22)26(37)10-5-15-34-16-6-17-34/h1-3,5,8-14,20,22H,4,6-7,15-19H2,(H2,31,32)(H,33,38)/b10-5+/t22-/m1/s1. The molecule has 0 spiro atoms. The minimum absolute atomic E-state index is 0.0148. The van der Waals surface area contributed by atoms with Crippen molar-refractivity contribution < 1.29 is 9.53 Å².